The molecule has 0 heterocycles. The third-order valence-corrected chi connectivity index (χ3v) is 3.16. The summed E-state index contributed by atoms with van der Waals surface area (Å²) in [6, 6.07) is 0. The van der Waals surface area contributed by atoms with Crippen LogP contribution in [0.5, 0.6) is 0 Å². The molecule has 0 aliphatic heterocycles. The Bertz CT molecular complexity index is 302. The Kier molecular flexibility index (Phi) is 4.78. The number of ether oxygens (including phenoxy) is 1. The Morgan fingerprint density at radius 2 is 2.31 bits per heavy atom. The van der Waals surface area contributed by atoms with Crippen LogP contribution in [0.15, 0.2) is 23.8 Å². The molecule has 0 spiro atoms. The quantitative estimate of drug-likeness (QED) is 0.536. The summed E-state index contributed by atoms with van der Waals surface area (Å²) >= 11 is 0. The van der Waals surface area contributed by atoms with Gasteiger partial charge in [-0.25, -0.2) is 0 Å². The van der Waals surface area contributed by atoms with E-state index in [1.54, 1.807) is 0 Å². The van der Waals surface area contributed by atoms with Crippen molar-refractivity contribution in [2.45, 2.75) is 52.6 Å². The molecular formula is C14H22O2. The number of hydrogen-bond donors (Lipinski definition) is 0. The maximum Gasteiger partial charge on any atom is 0.306 e. The summed E-state index contributed by atoms with van der Waals surface area (Å²) in [6.45, 7) is 10.1. The number of hydrogen-bond acceptors (Lipinski definition) is 2. The summed E-state index contributed by atoms with van der Waals surface area (Å²) in [6.07, 6.45) is 5.43. The minimum absolute atomic E-state index is 0.0329. The topological polar surface area (TPSA) is 26.3 Å². The molecule has 2 heteroatoms. The zero-order valence-corrected chi connectivity index (χ0v) is 10.6. The Balaban J connectivity index is 2.58. The molecule has 0 aromatic heterocycles. The second-order valence-corrected chi connectivity index (χ2v) is 4.69. The zero-order chi connectivity index (χ0) is 12.1. The Hall–Kier alpha value is -1.05. The first-order valence-electron chi connectivity index (χ1n) is 6.06. The molecule has 0 N–H and O–H groups in total. The molecule has 1 aliphatic rings. The Labute approximate surface area is 98.4 Å². The van der Waals surface area contributed by atoms with Gasteiger partial charge in [-0.05, 0) is 44.6 Å². The molecule has 16 heavy (non-hydrogen) atoms. The van der Waals surface area contributed by atoms with E-state index >= 15 is 0 Å². The third-order valence-electron chi connectivity index (χ3n) is 3.16. The van der Waals surface area contributed by atoms with Gasteiger partial charge in [-0.1, -0.05) is 25.2 Å². The lowest BCUT2D eigenvalue weighted by Crippen LogP contribution is -2.26. The zero-order valence-electron chi connectivity index (χ0n) is 10.6. The second-order valence-electron chi connectivity index (χ2n) is 4.69. The highest BCUT2D eigenvalue weighted by Gasteiger charge is 2.25. The summed E-state index contributed by atoms with van der Waals surface area (Å²) in [5.41, 5.74) is 2.36. The van der Waals surface area contributed by atoms with Gasteiger partial charge in [0.2, 0.25) is 0 Å². The highest BCUT2D eigenvalue weighted by molar-refractivity contribution is 5.69. The van der Waals surface area contributed by atoms with Gasteiger partial charge < -0.3 is 4.74 Å². The van der Waals surface area contributed by atoms with Crippen molar-refractivity contribution < 1.29 is 9.53 Å². The van der Waals surface area contributed by atoms with Crippen molar-refractivity contribution in [3.63, 3.8) is 0 Å². The smallest absolute Gasteiger partial charge is 0.306 e. The van der Waals surface area contributed by atoms with Gasteiger partial charge in [0.25, 0.3) is 0 Å². The molecule has 0 saturated heterocycles. The fourth-order valence-electron chi connectivity index (χ4n) is 1.97. The van der Waals surface area contributed by atoms with E-state index in [1.165, 1.54) is 11.1 Å². The molecule has 90 valence electrons. The van der Waals surface area contributed by atoms with E-state index in [0.717, 1.165) is 19.3 Å². The molecule has 0 amide bonds. The second kappa shape index (κ2) is 5.88. The van der Waals surface area contributed by atoms with Crippen LogP contribution in [-0.4, -0.2) is 12.1 Å². The summed E-state index contributed by atoms with van der Waals surface area (Å²) in [7, 11) is 0. The first kappa shape index (κ1) is 13.0. The average Bonchev–Trinajstić information content (AvgIpc) is 2.21. The predicted octanol–water partition coefficient (Wildman–Crippen LogP) is 3.63. The molecule has 0 fully saturated rings. The van der Waals surface area contributed by atoms with Crippen molar-refractivity contribution in [1.29, 1.82) is 0 Å². The summed E-state index contributed by atoms with van der Waals surface area (Å²) in [5, 5.41) is 0. The monoisotopic (exact) mass is 222 g/mol. The highest BCUT2D eigenvalue weighted by atomic mass is 16.5. The SMILES string of the molecule is C=C(C)[C@H]1CC=C(C)[C@H](OC(=O)CCC)C1. The normalized spacial score (nSPS) is 24.8. The van der Waals surface area contributed by atoms with Gasteiger partial charge in [0.05, 0.1) is 0 Å². The first-order valence-corrected chi connectivity index (χ1v) is 6.06. The minimum Gasteiger partial charge on any atom is -0.458 e. The lowest BCUT2D eigenvalue weighted by molar-refractivity contribution is -0.148. The molecule has 0 aromatic carbocycles. The van der Waals surface area contributed by atoms with Crippen molar-refractivity contribution in [2.24, 2.45) is 5.92 Å². The van der Waals surface area contributed by atoms with Gasteiger partial charge in [0, 0.05) is 6.42 Å². The van der Waals surface area contributed by atoms with Gasteiger partial charge >= 0.3 is 5.97 Å². The van der Waals surface area contributed by atoms with Crippen molar-refractivity contribution in [3.05, 3.63) is 23.8 Å². The van der Waals surface area contributed by atoms with E-state index in [9.17, 15) is 4.79 Å². The van der Waals surface area contributed by atoms with E-state index in [0.29, 0.717) is 12.3 Å². The molecule has 0 aromatic rings. The third kappa shape index (κ3) is 3.51. The van der Waals surface area contributed by atoms with Crippen molar-refractivity contribution in [2.75, 3.05) is 0 Å². The van der Waals surface area contributed by atoms with Crippen LogP contribution in [0.3, 0.4) is 0 Å². The minimum atomic E-state index is -0.0809. The lowest BCUT2D eigenvalue weighted by atomic mass is 9.84. The molecule has 0 radical (unpaired) electrons. The maximum absolute atomic E-state index is 11.5. The van der Waals surface area contributed by atoms with Crippen LogP contribution in [0.1, 0.15) is 46.5 Å². The van der Waals surface area contributed by atoms with Crippen molar-refractivity contribution >= 4 is 5.97 Å². The molecule has 0 bridgehead atoms. The number of rotatable bonds is 4. The van der Waals surface area contributed by atoms with E-state index in [4.69, 9.17) is 4.74 Å². The summed E-state index contributed by atoms with van der Waals surface area (Å²) in [5.74, 6) is 0.380. The molecule has 0 unspecified atom stereocenters. The summed E-state index contributed by atoms with van der Waals surface area (Å²) in [4.78, 5) is 11.5. The molecule has 1 rings (SSSR count). The van der Waals surface area contributed by atoms with Gasteiger partial charge in [-0.3, -0.25) is 4.79 Å². The van der Waals surface area contributed by atoms with Crippen LogP contribution >= 0.6 is 0 Å². The first-order chi connectivity index (χ1) is 7.54. The molecule has 2 atom stereocenters. The van der Waals surface area contributed by atoms with Gasteiger partial charge in [-0.2, -0.15) is 0 Å². The van der Waals surface area contributed by atoms with E-state index in [-0.39, 0.29) is 12.1 Å². The highest BCUT2D eigenvalue weighted by Crippen LogP contribution is 2.30. The fraction of sp³-hybridized carbons (Fsp3) is 0.643. The average molecular weight is 222 g/mol. The van der Waals surface area contributed by atoms with Crippen LogP contribution in [0.2, 0.25) is 0 Å². The van der Waals surface area contributed by atoms with Crippen LogP contribution in [-0.2, 0) is 9.53 Å². The number of carbonyl (C=O) groups excluding carboxylic acids is 1. The van der Waals surface area contributed by atoms with Crippen LogP contribution in [0.4, 0.5) is 0 Å². The van der Waals surface area contributed by atoms with Gasteiger partial charge in [0.15, 0.2) is 0 Å². The number of allylic oxidation sites excluding steroid dienone is 2. The van der Waals surface area contributed by atoms with E-state index in [2.05, 4.69) is 12.7 Å². The maximum atomic E-state index is 11.5. The molecular weight excluding hydrogens is 200 g/mol. The standard InChI is InChI=1S/C14H22O2/c1-5-6-14(15)16-13-9-12(10(2)3)8-7-11(13)4/h7,12-13H,2,5-6,8-9H2,1,3-4H3/t12-,13+/m0/s1. The van der Waals surface area contributed by atoms with Crippen molar-refractivity contribution in [1.82, 2.24) is 0 Å². The number of carbonyl (C=O) groups is 1. The Morgan fingerprint density at radius 3 is 2.88 bits per heavy atom. The van der Waals surface area contributed by atoms with E-state index < -0.39 is 0 Å². The number of esters is 1. The molecule has 0 saturated carbocycles. The van der Waals surface area contributed by atoms with Gasteiger partial charge in [-0.15, -0.1) is 0 Å². The van der Waals surface area contributed by atoms with E-state index in [1.807, 2.05) is 20.8 Å². The fourth-order valence-corrected chi connectivity index (χ4v) is 1.97. The van der Waals surface area contributed by atoms with Gasteiger partial charge in [0.1, 0.15) is 6.10 Å². The van der Waals surface area contributed by atoms with Crippen LogP contribution in [0.25, 0.3) is 0 Å². The largest absolute Gasteiger partial charge is 0.458 e. The Morgan fingerprint density at radius 1 is 1.62 bits per heavy atom. The lowest BCUT2D eigenvalue weighted by Gasteiger charge is -2.28. The summed E-state index contributed by atoms with van der Waals surface area (Å²) < 4.78 is 5.48. The van der Waals surface area contributed by atoms with Crippen LogP contribution < -0.4 is 0 Å². The molecule has 1 aliphatic carbocycles. The predicted molar refractivity (Wildman–Crippen MR) is 66.1 cm³/mol. The van der Waals surface area contributed by atoms with Crippen LogP contribution in [0, 0.1) is 5.92 Å². The van der Waals surface area contributed by atoms with Crippen molar-refractivity contribution in [3.8, 4) is 0 Å². The molecule has 2 nitrogen and oxygen atoms in total.